The largest absolute Gasteiger partial charge is 0.748 e. The Labute approximate surface area is 287 Å². The van der Waals surface area contributed by atoms with Crippen molar-refractivity contribution in [2.45, 2.75) is 53.5 Å². The predicted molar refractivity (Wildman–Crippen MR) is 190 cm³/mol. The van der Waals surface area contributed by atoms with E-state index in [0.717, 1.165) is 31.9 Å². The predicted octanol–water partition coefficient (Wildman–Crippen LogP) is 6.20. The number of ether oxygens (including phenoxy) is 1. The van der Waals surface area contributed by atoms with E-state index >= 15 is 0 Å². The van der Waals surface area contributed by atoms with Crippen LogP contribution in [-0.4, -0.2) is 46.0 Å². The summed E-state index contributed by atoms with van der Waals surface area (Å²) < 4.78 is 73.9. The second kappa shape index (κ2) is 15.3. The van der Waals surface area contributed by atoms with Crippen LogP contribution < -0.4 is 19.7 Å². The molecule has 5 rings (SSSR count). The molecule has 0 saturated carbocycles. The van der Waals surface area contributed by atoms with Gasteiger partial charge in [0.25, 0.3) is 15.1 Å². The van der Waals surface area contributed by atoms with Crippen molar-refractivity contribution in [3.05, 3.63) is 94.3 Å². The normalized spacial score (nSPS) is 14.6. The molecule has 2 heterocycles. The summed E-state index contributed by atoms with van der Waals surface area (Å²) in [5.41, 5.74) is 9.42. The van der Waals surface area contributed by atoms with Gasteiger partial charge in [-0.05, 0) is 72.7 Å². The van der Waals surface area contributed by atoms with Gasteiger partial charge in [0.05, 0.1) is 27.3 Å². The molecule has 48 heavy (non-hydrogen) atoms. The quantitative estimate of drug-likeness (QED) is 0.0663. The maximum Gasteiger partial charge on any atom is 0.283 e. The number of benzene rings is 3. The van der Waals surface area contributed by atoms with E-state index in [1.807, 2.05) is 61.5 Å². The van der Waals surface area contributed by atoms with E-state index in [9.17, 15) is 21.4 Å². The molecule has 0 spiro atoms. The Morgan fingerprint density at radius 1 is 0.979 bits per heavy atom. The lowest BCUT2D eigenvalue weighted by Crippen LogP contribution is -2.35. The van der Waals surface area contributed by atoms with Gasteiger partial charge in [0, 0.05) is 37.7 Å². The van der Waals surface area contributed by atoms with Crippen LogP contribution in [0.4, 0.5) is 5.69 Å². The molecule has 256 valence electrons. The van der Waals surface area contributed by atoms with Crippen molar-refractivity contribution < 1.29 is 35.0 Å². The molecule has 0 aliphatic carbocycles. The average molecular weight is 712 g/mol. The second-order valence-electron chi connectivity index (χ2n) is 11.7. The number of anilines is 1. The Kier molecular flexibility index (Phi) is 11.4. The maximum atomic E-state index is 12.2. The van der Waals surface area contributed by atoms with Gasteiger partial charge >= 0.3 is 0 Å². The van der Waals surface area contributed by atoms with Crippen molar-refractivity contribution in [1.82, 2.24) is 5.48 Å². The van der Waals surface area contributed by atoms with Gasteiger partial charge < -0.3 is 14.2 Å². The molecule has 0 amide bonds. The van der Waals surface area contributed by atoms with Crippen molar-refractivity contribution in [2.75, 3.05) is 29.5 Å². The number of hydrogen-bond acceptors (Lipinski definition) is 10. The summed E-state index contributed by atoms with van der Waals surface area (Å²) >= 11 is 1.65. The molecule has 1 aliphatic rings. The Bertz CT molecular complexity index is 2060. The average Bonchev–Trinajstić information content (AvgIpc) is 3.56. The summed E-state index contributed by atoms with van der Waals surface area (Å²) in [6.45, 7) is 8.90. The Hall–Kier alpha value is -3.59. The fourth-order valence-electron chi connectivity index (χ4n) is 5.45. The zero-order valence-electron chi connectivity index (χ0n) is 27.6. The van der Waals surface area contributed by atoms with E-state index in [0.29, 0.717) is 49.7 Å². The molecule has 4 aromatic rings. The minimum Gasteiger partial charge on any atom is -0.748 e. The van der Waals surface area contributed by atoms with Gasteiger partial charge in [-0.1, -0.05) is 61.6 Å². The van der Waals surface area contributed by atoms with Crippen molar-refractivity contribution in [3.8, 4) is 16.9 Å². The molecule has 0 bridgehead atoms. The van der Waals surface area contributed by atoms with Crippen LogP contribution in [0.25, 0.3) is 27.4 Å². The molecule has 0 unspecified atom stereocenters. The highest BCUT2D eigenvalue weighted by molar-refractivity contribution is 7.86. The Morgan fingerprint density at radius 3 is 2.44 bits per heavy atom. The molecule has 13 heteroatoms. The van der Waals surface area contributed by atoms with E-state index in [-0.39, 0.29) is 12.3 Å². The molecule has 1 aliphatic heterocycles. The first kappa shape index (κ1) is 35.7. The minimum absolute atomic E-state index is 0.0538. The number of thiazole rings is 1. The van der Waals surface area contributed by atoms with E-state index in [2.05, 4.69) is 42.1 Å². The van der Waals surface area contributed by atoms with Crippen LogP contribution in [0.3, 0.4) is 0 Å². The highest BCUT2D eigenvalue weighted by Gasteiger charge is 2.28. The van der Waals surface area contributed by atoms with Crippen molar-refractivity contribution in [2.24, 2.45) is 0 Å². The van der Waals surface area contributed by atoms with E-state index < -0.39 is 26.0 Å². The topological polar surface area (TPSA) is 129 Å². The fraction of sp³-hybridized carbons (Fsp3) is 0.343. The number of nitrogens with one attached hydrogen (secondary N) is 1. The summed E-state index contributed by atoms with van der Waals surface area (Å²) in [6.07, 6.45) is 5.71. The van der Waals surface area contributed by atoms with Crippen molar-refractivity contribution >= 4 is 53.6 Å². The van der Waals surface area contributed by atoms with Gasteiger partial charge in [-0.15, -0.1) is 0 Å². The Balaban J connectivity index is 1.49. The number of nitrogens with zero attached hydrogens (tertiary/aromatic N) is 2. The Morgan fingerprint density at radius 2 is 1.73 bits per heavy atom. The third-order valence-corrected chi connectivity index (χ3v) is 11.1. The first-order valence-electron chi connectivity index (χ1n) is 16.0. The molecule has 10 nitrogen and oxygen atoms in total. The summed E-state index contributed by atoms with van der Waals surface area (Å²) in [4.78, 5) is 1.75. The maximum absolute atomic E-state index is 12.2. The number of aromatic nitrogens is 1. The first-order valence-corrected chi connectivity index (χ1v) is 19.9. The molecular formula is C35H41N3O7S3. The molecule has 0 atom stereocenters. The van der Waals surface area contributed by atoms with Gasteiger partial charge in [-0.25, -0.2) is 8.42 Å². The van der Waals surface area contributed by atoms with Gasteiger partial charge in [-0.2, -0.15) is 22.7 Å². The molecule has 0 fully saturated rings. The number of fused-ring (bicyclic) bond motifs is 2. The highest BCUT2D eigenvalue weighted by Crippen LogP contribution is 2.42. The lowest BCUT2D eigenvalue weighted by molar-refractivity contribution is -0.669. The van der Waals surface area contributed by atoms with Crippen LogP contribution in [0.1, 0.15) is 49.2 Å². The number of hydroxylamine groups is 1. The molecule has 0 radical (unpaired) electrons. The molecule has 3 aromatic carbocycles. The minimum atomic E-state index is -4.47. The summed E-state index contributed by atoms with van der Waals surface area (Å²) in [5.74, 6) is 0.364. The molecule has 0 saturated heterocycles. The third kappa shape index (κ3) is 8.90. The zero-order chi connectivity index (χ0) is 34.5. The highest BCUT2D eigenvalue weighted by atomic mass is 32.2. The summed E-state index contributed by atoms with van der Waals surface area (Å²) in [7, 11) is -8.13. The number of aryl methyl sites for hydroxylation is 3. The second-order valence-corrected chi connectivity index (χ2v) is 15.9. The van der Waals surface area contributed by atoms with E-state index in [4.69, 9.17) is 9.02 Å². The number of rotatable bonds is 15. The van der Waals surface area contributed by atoms with Gasteiger partial charge in [0.15, 0.2) is 12.3 Å². The lowest BCUT2D eigenvalue weighted by atomic mass is 10.0. The van der Waals surface area contributed by atoms with Crippen LogP contribution in [0, 0.1) is 13.8 Å². The fourth-order valence-corrected chi connectivity index (χ4v) is 8.04. The monoisotopic (exact) mass is 711 g/mol. The SMILES string of the molecule is CCNOS(=O)(=O)CCCC[n+]1c(/C=C(/C=C2\Oc3ccc(-c4ccccc4)cc3N2CCS(=O)(=O)[O-])CC)sc2cc(C)c(C)cc21. The van der Waals surface area contributed by atoms with Crippen LogP contribution in [-0.2, 0) is 31.1 Å². The smallest absolute Gasteiger partial charge is 0.283 e. The van der Waals surface area contributed by atoms with Crippen LogP contribution in [0.5, 0.6) is 5.75 Å². The van der Waals surface area contributed by atoms with Crippen LogP contribution in [0.15, 0.2) is 78.2 Å². The molecule has 1 N–H and O–H groups in total. The van der Waals surface area contributed by atoms with E-state index in [1.165, 1.54) is 11.1 Å². The van der Waals surface area contributed by atoms with E-state index in [1.54, 1.807) is 23.2 Å². The van der Waals surface area contributed by atoms with Crippen LogP contribution >= 0.6 is 11.3 Å². The summed E-state index contributed by atoms with van der Waals surface area (Å²) in [6, 6.07) is 20.0. The number of unbranched alkanes of at least 4 members (excludes halogenated alkanes) is 1. The summed E-state index contributed by atoms with van der Waals surface area (Å²) in [5, 5.41) is 0.992. The molecule has 1 aromatic heterocycles. The van der Waals surface area contributed by atoms with Crippen molar-refractivity contribution in [3.63, 3.8) is 0 Å². The standard InChI is InChI=1S/C35H41N3O7S3/c1-5-27(22-34-37(17-19-47(39,40)41)30-24-29(14-15-32(30)44-34)28-12-8-7-9-13-28)23-35-38(16-10-11-18-48(42,43)45-36-6-2)31-20-25(3)26(4)21-33(31)46-35/h7-9,12-15,20-24,36H,5-6,10-11,16-19H2,1-4H3. The lowest BCUT2D eigenvalue weighted by Gasteiger charge is -2.20. The van der Waals surface area contributed by atoms with Gasteiger partial charge in [0.2, 0.25) is 11.4 Å². The molecular weight excluding hydrogens is 671 g/mol. The number of allylic oxidation sites excluding steroid dienone is 2. The first-order chi connectivity index (χ1) is 22.9. The van der Waals surface area contributed by atoms with Crippen LogP contribution in [0.2, 0.25) is 0 Å². The van der Waals surface area contributed by atoms with Gasteiger partial charge in [-0.3, -0.25) is 0 Å². The van der Waals surface area contributed by atoms with Crippen molar-refractivity contribution in [1.29, 1.82) is 0 Å². The zero-order valence-corrected chi connectivity index (χ0v) is 30.0. The third-order valence-electron chi connectivity index (χ3n) is 8.13. The number of hydrogen-bond donors (Lipinski definition) is 1. The van der Waals surface area contributed by atoms with Gasteiger partial charge in [0.1, 0.15) is 4.70 Å².